The van der Waals surface area contributed by atoms with E-state index in [0.717, 1.165) is 16.9 Å². The second-order valence-corrected chi connectivity index (χ2v) is 9.71. The SMILES string of the molecule is COc1ccccc1NC(=O)/C(C#N)=c1\s/c(=C\c2ccc(-c3ccc(Cl)cc3)o2)c(=O)n1-c1ccccc1. The lowest BCUT2D eigenvalue weighted by molar-refractivity contribution is -0.111. The summed E-state index contributed by atoms with van der Waals surface area (Å²) in [4.78, 5) is 26.9. The maximum atomic E-state index is 13.6. The van der Waals surface area contributed by atoms with Gasteiger partial charge in [-0.2, -0.15) is 5.26 Å². The molecule has 1 amide bonds. The van der Waals surface area contributed by atoms with Crippen molar-refractivity contribution >= 4 is 46.2 Å². The molecule has 1 N–H and O–H groups in total. The number of furan rings is 1. The molecule has 7 nitrogen and oxygen atoms in total. The molecule has 0 spiro atoms. The smallest absolute Gasteiger partial charge is 0.273 e. The average molecular weight is 554 g/mol. The van der Waals surface area contributed by atoms with E-state index in [1.807, 2.05) is 24.3 Å². The van der Waals surface area contributed by atoms with Crippen LogP contribution in [0.1, 0.15) is 5.76 Å². The number of nitrogens with one attached hydrogen (secondary N) is 1. The number of aromatic nitrogens is 1. The molecule has 0 saturated carbocycles. The van der Waals surface area contributed by atoms with Crippen molar-refractivity contribution < 1.29 is 13.9 Å². The highest BCUT2D eigenvalue weighted by molar-refractivity contribution is 7.07. The van der Waals surface area contributed by atoms with Crippen LogP contribution in [0.25, 0.3) is 28.7 Å². The van der Waals surface area contributed by atoms with Gasteiger partial charge in [0.25, 0.3) is 11.5 Å². The highest BCUT2D eigenvalue weighted by Gasteiger charge is 2.18. The number of halogens is 1. The molecule has 5 aromatic rings. The number of carbonyl (C=O) groups is 1. The van der Waals surface area contributed by atoms with Gasteiger partial charge >= 0.3 is 0 Å². The fraction of sp³-hybridized carbons (Fsp3) is 0.0333. The Morgan fingerprint density at radius 1 is 1.03 bits per heavy atom. The first-order chi connectivity index (χ1) is 19.0. The average Bonchev–Trinajstić information content (AvgIpc) is 3.55. The Labute approximate surface area is 232 Å². The highest BCUT2D eigenvalue weighted by Crippen LogP contribution is 2.25. The summed E-state index contributed by atoms with van der Waals surface area (Å²) in [5, 5.41) is 13.4. The number of nitriles is 1. The number of anilines is 1. The van der Waals surface area contributed by atoms with E-state index in [-0.39, 0.29) is 15.8 Å². The minimum atomic E-state index is -0.664. The summed E-state index contributed by atoms with van der Waals surface area (Å²) in [6.45, 7) is 0. The monoisotopic (exact) mass is 553 g/mol. The number of benzene rings is 3. The van der Waals surface area contributed by atoms with Crippen LogP contribution in [0.15, 0.2) is 100 Å². The minimum absolute atomic E-state index is 0.192. The second-order valence-electron chi connectivity index (χ2n) is 8.24. The third kappa shape index (κ3) is 5.41. The maximum absolute atomic E-state index is 13.6. The summed E-state index contributed by atoms with van der Waals surface area (Å²) in [5.41, 5.74) is 1.16. The molecule has 39 heavy (non-hydrogen) atoms. The molecule has 0 saturated heterocycles. The number of rotatable bonds is 6. The van der Waals surface area contributed by atoms with Crippen LogP contribution in [0, 0.1) is 11.3 Å². The summed E-state index contributed by atoms with van der Waals surface area (Å²) in [6, 6.07) is 28.5. The van der Waals surface area contributed by atoms with Crippen molar-refractivity contribution in [3.8, 4) is 28.8 Å². The van der Waals surface area contributed by atoms with Crippen LogP contribution in [-0.2, 0) is 4.79 Å². The van der Waals surface area contributed by atoms with Crippen LogP contribution in [0.5, 0.6) is 5.75 Å². The molecule has 0 bridgehead atoms. The van der Waals surface area contributed by atoms with Crippen LogP contribution >= 0.6 is 22.9 Å². The van der Waals surface area contributed by atoms with E-state index < -0.39 is 5.91 Å². The van der Waals surface area contributed by atoms with Gasteiger partial charge in [-0.1, -0.05) is 41.9 Å². The van der Waals surface area contributed by atoms with Crippen molar-refractivity contribution in [1.82, 2.24) is 4.57 Å². The Kier molecular flexibility index (Phi) is 7.46. The van der Waals surface area contributed by atoms with Gasteiger partial charge in [-0.3, -0.25) is 14.2 Å². The molecule has 0 aliphatic rings. The predicted molar refractivity (Wildman–Crippen MR) is 153 cm³/mol. The van der Waals surface area contributed by atoms with Crippen LogP contribution in [0.4, 0.5) is 5.69 Å². The third-order valence-electron chi connectivity index (χ3n) is 5.77. The van der Waals surface area contributed by atoms with Crippen LogP contribution in [-0.4, -0.2) is 17.6 Å². The van der Waals surface area contributed by atoms with Gasteiger partial charge in [-0.15, -0.1) is 11.3 Å². The number of hydrogen-bond donors (Lipinski definition) is 1. The second kappa shape index (κ2) is 11.3. The van der Waals surface area contributed by atoms with Crippen molar-refractivity contribution in [2.75, 3.05) is 12.4 Å². The Morgan fingerprint density at radius 3 is 2.46 bits per heavy atom. The van der Waals surface area contributed by atoms with Gasteiger partial charge in [0.15, 0.2) is 5.57 Å². The molecule has 5 rings (SSSR count). The van der Waals surface area contributed by atoms with E-state index in [1.54, 1.807) is 78.9 Å². The number of methoxy groups -OCH3 is 1. The minimum Gasteiger partial charge on any atom is -0.495 e. The summed E-state index contributed by atoms with van der Waals surface area (Å²) in [6.07, 6.45) is 1.60. The summed E-state index contributed by atoms with van der Waals surface area (Å²) >= 11 is 7.01. The molecule has 3 aromatic carbocycles. The Balaban J connectivity index is 1.65. The number of para-hydroxylation sites is 3. The lowest BCUT2D eigenvalue weighted by Gasteiger charge is -2.09. The van der Waals surface area contributed by atoms with Crippen LogP contribution in [0.2, 0.25) is 5.02 Å². The van der Waals surface area contributed by atoms with Gasteiger partial charge in [0, 0.05) is 16.7 Å². The van der Waals surface area contributed by atoms with Crippen molar-refractivity contribution in [3.63, 3.8) is 0 Å². The van der Waals surface area contributed by atoms with Crippen molar-refractivity contribution in [3.05, 3.63) is 121 Å². The zero-order valence-electron chi connectivity index (χ0n) is 20.6. The van der Waals surface area contributed by atoms with Crippen LogP contribution in [0.3, 0.4) is 0 Å². The fourth-order valence-corrected chi connectivity index (χ4v) is 5.13. The van der Waals surface area contributed by atoms with Gasteiger partial charge < -0.3 is 14.5 Å². The number of ether oxygens (including phenoxy) is 1. The molecule has 0 fully saturated rings. The van der Waals surface area contributed by atoms with Gasteiger partial charge in [0.2, 0.25) is 0 Å². The number of hydrogen-bond acceptors (Lipinski definition) is 6. The van der Waals surface area contributed by atoms with Gasteiger partial charge in [0.1, 0.15) is 28.0 Å². The Bertz CT molecular complexity index is 1880. The molecule has 9 heteroatoms. The van der Waals surface area contributed by atoms with E-state index in [2.05, 4.69) is 5.32 Å². The zero-order valence-corrected chi connectivity index (χ0v) is 22.1. The van der Waals surface area contributed by atoms with E-state index >= 15 is 0 Å². The number of carbonyl (C=O) groups excluding carboxylic acids is 1. The molecule has 0 unspecified atom stereocenters. The molecule has 0 aliphatic carbocycles. The predicted octanol–water partition coefficient (Wildman–Crippen LogP) is 4.96. The Hall–Kier alpha value is -4.84. The fourth-order valence-electron chi connectivity index (χ4n) is 3.92. The molecule has 2 heterocycles. The first kappa shape index (κ1) is 25.8. The van der Waals surface area contributed by atoms with Gasteiger partial charge in [-0.25, -0.2) is 0 Å². The van der Waals surface area contributed by atoms with Crippen molar-refractivity contribution in [1.29, 1.82) is 5.26 Å². The topological polar surface area (TPSA) is 97.3 Å². The first-order valence-electron chi connectivity index (χ1n) is 11.7. The summed E-state index contributed by atoms with van der Waals surface area (Å²) in [7, 11) is 1.49. The molecule has 2 aromatic heterocycles. The zero-order chi connectivity index (χ0) is 27.4. The summed E-state index contributed by atoms with van der Waals surface area (Å²) < 4.78 is 13.1. The summed E-state index contributed by atoms with van der Waals surface area (Å²) in [5.74, 6) is 0.834. The third-order valence-corrected chi connectivity index (χ3v) is 7.12. The quantitative estimate of drug-likeness (QED) is 0.320. The van der Waals surface area contributed by atoms with Gasteiger partial charge in [-0.05, 0) is 60.7 Å². The molecule has 0 radical (unpaired) electrons. The Morgan fingerprint density at radius 2 is 1.74 bits per heavy atom. The lowest BCUT2D eigenvalue weighted by atomic mass is 10.2. The van der Waals surface area contributed by atoms with E-state index in [1.165, 1.54) is 11.7 Å². The molecule has 0 atom stereocenters. The molecule has 0 aliphatic heterocycles. The van der Waals surface area contributed by atoms with Crippen molar-refractivity contribution in [2.24, 2.45) is 0 Å². The van der Waals surface area contributed by atoms with E-state index in [0.29, 0.717) is 38.2 Å². The van der Waals surface area contributed by atoms with Crippen molar-refractivity contribution in [2.45, 2.75) is 0 Å². The number of nitrogens with zero attached hydrogens (tertiary/aromatic N) is 2. The molecular weight excluding hydrogens is 534 g/mol. The number of thiazole rings is 1. The lowest BCUT2D eigenvalue weighted by Crippen LogP contribution is -2.32. The number of amides is 1. The highest BCUT2D eigenvalue weighted by atomic mass is 35.5. The van der Waals surface area contributed by atoms with Gasteiger partial charge in [0.05, 0.1) is 23.0 Å². The molecule has 192 valence electrons. The van der Waals surface area contributed by atoms with Crippen LogP contribution < -0.4 is 24.8 Å². The van der Waals surface area contributed by atoms with E-state index in [9.17, 15) is 14.9 Å². The largest absolute Gasteiger partial charge is 0.495 e. The molecular formula is C30H20ClN3O4S. The normalized spacial score (nSPS) is 12.1. The first-order valence-corrected chi connectivity index (χ1v) is 12.9. The standard InChI is InChI=1S/C30H20ClN3O4S/c1-37-26-10-6-5-9-24(26)33-28(35)23(18-32)30-34(21-7-3-2-4-8-21)29(36)27(39-30)17-22-15-16-25(38-22)19-11-13-20(31)14-12-19/h2-17H,1H3,(H,33,35)/b27-17-,30-23-. The van der Waals surface area contributed by atoms with E-state index in [4.69, 9.17) is 20.8 Å². The maximum Gasteiger partial charge on any atom is 0.273 e.